The zero-order valence-corrected chi connectivity index (χ0v) is 20.6. The van der Waals surface area contributed by atoms with E-state index in [9.17, 15) is 5.11 Å². The van der Waals surface area contributed by atoms with Crippen molar-refractivity contribution in [3.8, 4) is 0 Å². The third kappa shape index (κ3) is 16.1. The van der Waals surface area contributed by atoms with Gasteiger partial charge in [0.15, 0.2) is 0 Å². The molecular weight excluding hydrogens is 366 g/mol. The van der Waals surface area contributed by atoms with Crippen LogP contribution in [0.5, 0.6) is 0 Å². The first-order valence-corrected chi connectivity index (χ1v) is 13.1. The topological polar surface area (TPSA) is 20.2 Å². The van der Waals surface area contributed by atoms with E-state index >= 15 is 0 Å². The van der Waals surface area contributed by atoms with Crippen LogP contribution in [0.1, 0.15) is 124 Å². The molecule has 1 N–H and O–H groups in total. The zero-order chi connectivity index (χ0) is 21.1. The van der Waals surface area contributed by atoms with Crippen molar-refractivity contribution in [3.05, 3.63) is 0 Å². The minimum absolute atomic E-state index is 0.227. The van der Waals surface area contributed by atoms with E-state index < -0.39 is 0 Å². The summed E-state index contributed by atoms with van der Waals surface area (Å²) in [6.07, 6.45) is 20.3. The molecule has 0 amide bonds. The third-order valence-corrected chi connectivity index (χ3v) is 6.97. The summed E-state index contributed by atoms with van der Waals surface area (Å²) in [6, 6.07) is 0. The lowest BCUT2D eigenvalue weighted by molar-refractivity contribution is -0.927. The SMILES string of the molecule is CCCCCCCCCCCCCCCC(Cl)CC[N+](CC)(CC)CC(C)O. The summed E-state index contributed by atoms with van der Waals surface area (Å²) in [7, 11) is 0. The smallest absolute Gasteiger partial charge is 0.105 e. The number of alkyl halides is 1. The predicted octanol–water partition coefficient (Wildman–Crippen LogP) is 7.70. The Balaban J connectivity index is 3.55. The van der Waals surface area contributed by atoms with Gasteiger partial charge in [0.1, 0.15) is 12.6 Å². The molecule has 0 fully saturated rings. The number of likely N-dealkylation sites (N-methyl/N-ethyl adjacent to an activating group) is 1. The molecule has 0 spiro atoms. The Kier molecular flexibility index (Phi) is 19.3. The fraction of sp³-hybridized carbons (Fsp3) is 1.00. The number of aliphatic hydroxyl groups is 1. The summed E-state index contributed by atoms with van der Waals surface area (Å²) >= 11 is 6.61. The van der Waals surface area contributed by atoms with Crippen LogP contribution in [-0.2, 0) is 0 Å². The molecule has 0 saturated heterocycles. The molecule has 0 saturated carbocycles. The standard InChI is InChI=1S/C25H53ClNO/c1-5-8-9-10-11-12-13-14-15-16-17-18-19-20-25(26)21-22-27(6-2,7-3)23-24(4)28/h24-25,28H,5-23H2,1-4H3/q+1. The van der Waals surface area contributed by atoms with Crippen molar-refractivity contribution in [2.45, 2.75) is 135 Å². The highest BCUT2D eigenvalue weighted by molar-refractivity contribution is 6.20. The summed E-state index contributed by atoms with van der Waals surface area (Å²) in [5.41, 5.74) is 0. The largest absolute Gasteiger partial charge is 0.388 e. The second kappa shape index (κ2) is 19.2. The van der Waals surface area contributed by atoms with Crippen molar-refractivity contribution < 1.29 is 9.59 Å². The molecule has 0 aromatic rings. The van der Waals surface area contributed by atoms with Gasteiger partial charge in [0.25, 0.3) is 0 Å². The Morgan fingerprint density at radius 2 is 1.11 bits per heavy atom. The van der Waals surface area contributed by atoms with Crippen LogP contribution >= 0.6 is 11.6 Å². The maximum Gasteiger partial charge on any atom is 0.105 e. The first-order chi connectivity index (χ1) is 13.5. The lowest BCUT2D eigenvalue weighted by Crippen LogP contribution is -2.52. The highest BCUT2D eigenvalue weighted by atomic mass is 35.5. The van der Waals surface area contributed by atoms with Crippen LogP contribution in [0.25, 0.3) is 0 Å². The number of quaternary nitrogens is 1. The molecule has 0 rings (SSSR count). The molecule has 0 radical (unpaired) electrons. The predicted molar refractivity (Wildman–Crippen MR) is 127 cm³/mol. The van der Waals surface area contributed by atoms with Crippen LogP contribution in [0.15, 0.2) is 0 Å². The van der Waals surface area contributed by atoms with Gasteiger partial charge in [-0.15, -0.1) is 11.6 Å². The Labute approximate surface area is 183 Å². The highest BCUT2D eigenvalue weighted by Gasteiger charge is 2.26. The molecule has 2 unspecified atom stereocenters. The van der Waals surface area contributed by atoms with Crippen LogP contribution < -0.4 is 0 Å². The number of rotatable bonds is 21. The Bertz CT molecular complexity index is 318. The summed E-state index contributed by atoms with van der Waals surface area (Å²) in [5, 5.41) is 10.1. The third-order valence-electron chi connectivity index (χ3n) is 6.53. The van der Waals surface area contributed by atoms with Crippen molar-refractivity contribution in [2.75, 3.05) is 26.2 Å². The lowest BCUT2D eigenvalue weighted by atomic mass is 10.0. The molecule has 0 heterocycles. The van der Waals surface area contributed by atoms with Gasteiger partial charge >= 0.3 is 0 Å². The molecule has 170 valence electrons. The lowest BCUT2D eigenvalue weighted by Gasteiger charge is -2.38. The first kappa shape index (κ1) is 28.2. The molecule has 3 heteroatoms. The van der Waals surface area contributed by atoms with Gasteiger partial charge in [-0.25, -0.2) is 0 Å². The molecule has 0 bridgehead atoms. The van der Waals surface area contributed by atoms with Gasteiger partial charge in [-0.1, -0.05) is 90.4 Å². The maximum atomic E-state index is 9.80. The van der Waals surface area contributed by atoms with Crippen molar-refractivity contribution in [1.29, 1.82) is 0 Å². The monoisotopic (exact) mass is 418 g/mol. The van der Waals surface area contributed by atoms with Gasteiger partial charge in [0.2, 0.25) is 0 Å². The number of hydrogen-bond donors (Lipinski definition) is 1. The fourth-order valence-electron chi connectivity index (χ4n) is 4.39. The second-order valence-corrected chi connectivity index (χ2v) is 9.76. The summed E-state index contributed by atoms with van der Waals surface area (Å²) in [6.45, 7) is 12.8. The van der Waals surface area contributed by atoms with Gasteiger partial charge in [-0.05, 0) is 27.2 Å². The number of nitrogens with zero attached hydrogens (tertiary/aromatic N) is 1. The van der Waals surface area contributed by atoms with E-state index in [4.69, 9.17) is 11.6 Å². The van der Waals surface area contributed by atoms with Crippen LogP contribution in [-0.4, -0.2) is 47.2 Å². The Hall–Kier alpha value is 0.210. The molecule has 0 aliphatic carbocycles. The molecule has 0 aromatic carbocycles. The van der Waals surface area contributed by atoms with Gasteiger partial charge in [0.05, 0.1) is 19.6 Å². The van der Waals surface area contributed by atoms with Crippen LogP contribution in [0, 0.1) is 0 Å². The van der Waals surface area contributed by atoms with E-state index in [1.165, 1.54) is 83.5 Å². The number of hydrogen-bond acceptors (Lipinski definition) is 1. The summed E-state index contributed by atoms with van der Waals surface area (Å²) in [5.74, 6) is 0. The maximum absolute atomic E-state index is 9.80. The van der Waals surface area contributed by atoms with Crippen molar-refractivity contribution in [3.63, 3.8) is 0 Å². The Morgan fingerprint density at radius 3 is 1.50 bits per heavy atom. The molecule has 0 aliphatic rings. The summed E-state index contributed by atoms with van der Waals surface area (Å²) < 4.78 is 0.999. The molecule has 2 nitrogen and oxygen atoms in total. The van der Waals surface area contributed by atoms with E-state index in [2.05, 4.69) is 20.8 Å². The van der Waals surface area contributed by atoms with Gasteiger partial charge in [-0.2, -0.15) is 0 Å². The molecule has 0 aliphatic heterocycles. The van der Waals surface area contributed by atoms with Crippen LogP contribution in [0.3, 0.4) is 0 Å². The van der Waals surface area contributed by atoms with Crippen molar-refractivity contribution >= 4 is 11.6 Å². The molecule has 0 aromatic heterocycles. The molecular formula is C25H53ClNO+. The van der Waals surface area contributed by atoms with Gasteiger partial charge < -0.3 is 9.59 Å². The summed E-state index contributed by atoms with van der Waals surface area (Å²) in [4.78, 5) is 0. The fourth-order valence-corrected chi connectivity index (χ4v) is 4.64. The average molecular weight is 419 g/mol. The van der Waals surface area contributed by atoms with Crippen molar-refractivity contribution in [2.24, 2.45) is 0 Å². The molecule has 2 atom stereocenters. The minimum atomic E-state index is -0.227. The van der Waals surface area contributed by atoms with Gasteiger partial charge in [-0.3, -0.25) is 0 Å². The normalized spacial score (nSPS) is 14.4. The first-order valence-electron chi connectivity index (χ1n) is 12.7. The quantitative estimate of drug-likeness (QED) is 0.115. The zero-order valence-electron chi connectivity index (χ0n) is 19.9. The van der Waals surface area contributed by atoms with Crippen molar-refractivity contribution in [1.82, 2.24) is 0 Å². The second-order valence-electron chi connectivity index (χ2n) is 9.15. The van der Waals surface area contributed by atoms with Gasteiger partial charge in [0, 0.05) is 11.8 Å². The minimum Gasteiger partial charge on any atom is -0.388 e. The molecule has 28 heavy (non-hydrogen) atoms. The Morgan fingerprint density at radius 1 is 0.679 bits per heavy atom. The average Bonchev–Trinajstić information content (AvgIpc) is 2.68. The van der Waals surface area contributed by atoms with E-state index in [1.807, 2.05) is 6.92 Å². The van der Waals surface area contributed by atoms with E-state index in [1.54, 1.807) is 0 Å². The van der Waals surface area contributed by atoms with E-state index in [0.717, 1.165) is 43.5 Å². The number of unbranched alkanes of at least 4 members (excludes halogenated alkanes) is 12. The highest BCUT2D eigenvalue weighted by Crippen LogP contribution is 2.19. The number of aliphatic hydroxyl groups excluding tert-OH is 1. The number of halogens is 1. The van der Waals surface area contributed by atoms with Crippen LogP contribution in [0.4, 0.5) is 0 Å². The van der Waals surface area contributed by atoms with E-state index in [-0.39, 0.29) is 6.10 Å². The van der Waals surface area contributed by atoms with Crippen LogP contribution in [0.2, 0.25) is 0 Å². The van der Waals surface area contributed by atoms with E-state index in [0.29, 0.717) is 5.38 Å².